The zero-order valence-electron chi connectivity index (χ0n) is 10.4. The van der Waals surface area contributed by atoms with Crippen LogP contribution in [0.1, 0.15) is 22.5 Å². The van der Waals surface area contributed by atoms with Crippen LogP contribution in [-0.2, 0) is 4.79 Å². The van der Waals surface area contributed by atoms with Gasteiger partial charge in [0.2, 0.25) is 5.91 Å². The largest absolute Gasteiger partial charge is 0.478 e. The molecule has 0 bridgehead atoms. The summed E-state index contributed by atoms with van der Waals surface area (Å²) in [6.45, 7) is 1.44. The van der Waals surface area contributed by atoms with Gasteiger partial charge in [-0.1, -0.05) is 0 Å². The third-order valence-electron chi connectivity index (χ3n) is 2.13. The number of amides is 3. The summed E-state index contributed by atoms with van der Waals surface area (Å²) in [6.07, 6.45) is -0.0693. The number of nitrogens with zero attached hydrogens (tertiary/aromatic N) is 1. The normalized spacial score (nSPS) is 10.1. The van der Waals surface area contributed by atoms with Crippen molar-refractivity contribution in [2.45, 2.75) is 18.4 Å². The van der Waals surface area contributed by atoms with E-state index in [2.05, 4.69) is 9.97 Å². The van der Waals surface area contributed by atoms with E-state index >= 15 is 0 Å². The van der Waals surface area contributed by atoms with Crippen LogP contribution in [0.25, 0.3) is 0 Å². The van der Waals surface area contributed by atoms with Crippen molar-refractivity contribution in [3.8, 4) is 0 Å². The van der Waals surface area contributed by atoms with Gasteiger partial charge < -0.3 is 15.8 Å². The molecule has 1 aromatic heterocycles. The molecule has 0 saturated carbocycles. The first-order chi connectivity index (χ1) is 9.31. The summed E-state index contributed by atoms with van der Waals surface area (Å²) in [5.74, 6) is -1.67. The molecule has 1 heterocycles. The van der Waals surface area contributed by atoms with Crippen molar-refractivity contribution in [2.24, 2.45) is 5.73 Å². The zero-order valence-corrected chi connectivity index (χ0v) is 11.2. The Kier molecular flexibility index (Phi) is 5.26. The number of carboxylic acids is 1. The molecule has 5 N–H and O–H groups in total. The van der Waals surface area contributed by atoms with Crippen LogP contribution >= 0.6 is 11.8 Å². The predicted molar refractivity (Wildman–Crippen MR) is 69.6 cm³/mol. The van der Waals surface area contributed by atoms with Gasteiger partial charge in [-0.25, -0.2) is 14.4 Å². The lowest BCUT2D eigenvalue weighted by atomic mass is 10.2. The number of hydrogen-bond acceptors (Lipinski definition) is 6. The number of thioether (sulfide) groups is 1. The first-order valence-corrected chi connectivity index (χ1v) is 6.36. The van der Waals surface area contributed by atoms with E-state index in [1.54, 1.807) is 0 Å². The van der Waals surface area contributed by atoms with Gasteiger partial charge in [0.25, 0.3) is 0 Å². The van der Waals surface area contributed by atoms with Gasteiger partial charge in [-0.2, -0.15) is 4.98 Å². The van der Waals surface area contributed by atoms with Crippen LogP contribution in [0, 0.1) is 6.92 Å². The third kappa shape index (κ3) is 4.39. The first kappa shape index (κ1) is 15.7. The SMILES string of the molecule is Cc1[nH]c(=O)nc(SCCC(=O)NC(N)=O)c1C(=O)O. The highest BCUT2D eigenvalue weighted by Gasteiger charge is 2.17. The highest BCUT2D eigenvalue weighted by molar-refractivity contribution is 7.99. The molecule has 9 nitrogen and oxygen atoms in total. The van der Waals surface area contributed by atoms with Gasteiger partial charge in [-0.15, -0.1) is 11.8 Å². The molecule has 3 amide bonds. The maximum absolute atomic E-state index is 11.2. The highest BCUT2D eigenvalue weighted by Crippen LogP contribution is 2.21. The van der Waals surface area contributed by atoms with Crippen molar-refractivity contribution in [1.82, 2.24) is 15.3 Å². The Morgan fingerprint density at radius 3 is 2.65 bits per heavy atom. The molecule has 0 spiro atoms. The van der Waals surface area contributed by atoms with Gasteiger partial charge >= 0.3 is 17.7 Å². The van der Waals surface area contributed by atoms with E-state index in [4.69, 9.17) is 10.8 Å². The van der Waals surface area contributed by atoms with E-state index in [9.17, 15) is 19.2 Å². The van der Waals surface area contributed by atoms with Crippen LogP contribution in [0.4, 0.5) is 4.79 Å². The van der Waals surface area contributed by atoms with Crippen LogP contribution in [0.15, 0.2) is 9.82 Å². The number of aromatic amines is 1. The standard InChI is InChI=1S/C10H12N4O5S/c1-4-6(8(16)17)7(14-10(19)12-4)20-3-2-5(15)13-9(11)18/h2-3H2,1H3,(H,16,17)(H,12,14,19)(H3,11,13,15,18). The quantitative estimate of drug-likeness (QED) is 0.420. The molecule has 108 valence electrons. The Bertz CT molecular complexity index is 612. The van der Waals surface area contributed by atoms with Crippen molar-refractivity contribution in [2.75, 3.05) is 5.75 Å². The number of nitrogens with one attached hydrogen (secondary N) is 2. The monoisotopic (exact) mass is 300 g/mol. The minimum Gasteiger partial charge on any atom is -0.478 e. The molecule has 0 aromatic carbocycles. The number of hydrogen-bond donors (Lipinski definition) is 4. The number of urea groups is 1. The van der Waals surface area contributed by atoms with E-state index in [1.165, 1.54) is 6.92 Å². The average Bonchev–Trinajstić information content (AvgIpc) is 2.25. The molecule has 0 aliphatic heterocycles. The van der Waals surface area contributed by atoms with E-state index in [0.29, 0.717) is 0 Å². The second-order valence-electron chi connectivity index (χ2n) is 3.66. The molecule has 1 aromatic rings. The van der Waals surface area contributed by atoms with Crippen LogP contribution < -0.4 is 16.7 Å². The summed E-state index contributed by atoms with van der Waals surface area (Å²) < 4.78 is 0. The number of carbonyl (C=O) groups is 3. The van der Waals surface area contributed by atoms with Crippen molar-refractivity contribution in [1.29, 1.82) is 0 Å². The fraction of sp³-hybridized carbons (Fsp3) is 0.300. The number of nitrogens with two attached hydrogens (primary N) is 1. The number of aromatic carboxylic acids is 1. The van der Waals surface area contributed by atoms with Gasteiger partial charge in [-0.05, 0) is 6.92 Å². The molecule has 10 heteroatoms. The molecule has 0 saturated heterocycles. The summed E-state index contributed by atoms with van der Waals surface area (Å²) in [5, 5.41) is 10.9. The molecule has 0 aliphatic carbocycles. The van der Waals surface area contributed by atoms with Gasteiger partial charge in [0.1, 0.15) is 10.6 Å². The maximum atomic E-state index is 11.2. The van der Waals surface area contributed by atoms with Crippen molar-refractivity contribution >= 4 is 29.7 Å². The van der Waals surface area contributed by atoms with Crippen LogP contribution in [0.5, 0.6) is 0 Å². The molecule has 20 heavy (non-hydrogen) atoms. The van der Waals surface area contributed by atoms with Crippen molar-refractivity contribution < 1.29 is 19.5 Å². The number of carbonyl (C=O) groups excluding carboxylic acids is 2. The Balaban J connectivity index is 2.78. The van der Waals surface area contributed by atoms with Gasteiger partial charge in [0.15, 0.2) is 0 Å². The number of primary amides is 1. The number of aryl methyl sites for hydroxylation is 1. The topological polar surface area (TPSA) is 155 Å². The lowest BCUT2D eigenvalue weighted by molar-refractivity contribution is -0.119. The number of aromatic nitrogens is 2. The maximum Gasteiger partial charge on any atom is 0.346 e. The van der Waals surface area contributed by atoms with Gasteiger partial charge in [0, 0.05) is 17.9 Å². The molecular weight excluding hydrogens is 288 g/mol. The van der Waals surface area contributed by atoms with E-state index in [-0.39, 0.29) is 28.5 Å². The molecule has 1 rings (SSSR count). The second kappa shape index (κ2) is 6.70. The minimum absolute atomic E-state index is 0.0191. The summed E-state index contributed by atoms with van der Waals surface area (Å²) in [7, 11) is 0. The van der Waals surface area contributed by atoms with Crippen LogP contribution in [0.3, 0.4) is 0 Å². The number of rotatable bonds is 5. The van der Waals surface area contributed by atoms with Gasteiger partial charge in [0.05, 0.1) is 0 Å². The zero-order chi connectivity index (χ0) is 15.3. The predicted octanol–water partition coefficient (Wildman–Crippen LogP) is -0.546. The van der Waals surface area contributed by atoms with Crippen LogP contribution in [-0.4, -0.2) is 38.7 Å². The molecule has 0 aliphatic rings. The number of carboxylic acid groups (broad SMARTS) is 1. The number of imide groups is 1. The second-order valence-corrected chi connectivity index (χ2v) is 4.75. The Morgan fingerprint density at radius 1 is 1.45 bits per heavy atom. The first-order valence-electron chi connectivity index (χ1n) is 5.37. The molecule has 0 radical (unpaired) electrons. The van der Waals surface area contributed by atoms with Gasteiger partial charge in [-0.3, -0.25) is 10.1 Å². The van der Waals surface area contributed by atoms with Crippen molar-refractivity contribution in [3.63, 3.8) is 0 Å². The fourth-order valence-electron chi connectivity index (χ4n) is 1.36. The molecular formula is C10H12N4O5S. The minimum atomic E-state index is -1.23. The molecule has 0 unspecified atom stereocenters. The Labute approximate surface area is 117 Å². The summed E-state index contributed by atoms with van der Waals surface area (Å²) in [6, 6.07) is -0.962. The Morgan fingerprint density at radius 2 is 2.10 bits per heavy atom. The van der Waals surface area contributed by atoms with E-state index < -0.39 is 23.6 Å². The lowest BCUT2D eigenvalue weighted by Crippen LogP contribution is -2.35. The Hall–Kier alpha value is -2.36. The van der Waals surface area contributed by atoms with Crippen LogP contribution in [0.2, 0.25) is 0 Å². The smallest absolute Gasteiger partial charge is 0.346 e. The lowest BCUT2D eigenvalue weighted by Gasteiger charge is -2.06. The summed E-state index contributed by atoms with van der Waals surface area (Å²) in [4.78, 5) is 49.7. The summed E-state index contributed by atoms with van der Waals surface area (Å²) in [5.41, 5.74) is 4.16. The molecule has 0 fully saturated rings. The van der Waals surface area contributed by atoms with E-state index in [1.807, 2.05) is 5.32 Å². The highest BCUT2D eigenvalue weighted by atomic mass is 32.2. The molecule has 0 atom stereocenters. The average molecular weight is 300 g/mol. The summed E-state index contributed by atoms with van der Waals surface area (Å²) >= 11 is 0.934. The number of H-pyrrole nitrogens is 1. The van der Waals surface area contributed by atoms with E-state index in [0.717, 1.165) is 11.8 Å². The van der Waals surface area contributed by atoms with Crippen molar-refractivity contribution in [3.05, 3.63) is 21.7 Å². The third-order valence-corrected chi connectivity index (χ3v) is 3.11. The fourth-order valence-corrected chi connectivity index (χ4v) is 2.37.